The van der Waals surface area contributed by atoms with Gasteiger partial charge in [0.05, 0.1) is 12.2 Å². The molecule has 2 amide bonds. The van der Waals surface area contributed by atoms with Gasteiger partial charge in [-0.05, 0) is 26.7 Å². The van der Waals surface area contributed by atoms with Gasteiger partial charge >= 0.3 is 6.03 Å². The maximum atomic E-state index is 11.9. The molecular formula is C17H23N3O2S. The first-order chi connectivity index (χ1) is 11.1. The molecule has 5 nitrogen and oxygen atoms in total. The topological polar surface area (TPSA) is 74.2 Å². The number of aliphatic hydroxyl groups is 1. The number of hydrogen-bond donors (Lipinski definition) is 3. The zero-order chi connectivity index (χ0) is 16.7. The van der Waals surface area contributed by atoms with E-state index < -0.39 is 0 Å². The number of thiazole rings is 1. The summed E-state index contributed by atoms with van der Waals surface area (Å²) in [4.78, 5) is 17.5. The minimum Gasteiger partial charge on any atom is -0.396 e. The maximum Gasteiger partial charge on any atom is 0.315 e. The van der Waals surface area contributed by atoms with Gasteiger partial charge in [0.15, 0.2) is 0 Å². The molecule has 0 saturated carbocycles. The highest BCUT2D eigenvalue weighted by Gasteiger charge is 2.11. The van der Waals surface area contributed by atoms with E-state index in [0.717, 1.165) is 27.6 Å². The average Bonchev–Trinajstić information content (AvgIpc) is 2.93. The summed E-state index contributed by atoms with van der Waals surface area (Å²) in [5.74, 6) is 0. The zero-order valence-electron chi connectivity index (χ0n) is 13.5. The minimum absolute atomic E-state index is 0.0459. The van der Waals surface area contributed by atoms with Crippen molar-refractivity contribution in [1.29, 1.82) is 0 Å². The number of carbonyl (C=O) groups is 1. The zero-order valence-corrected chi connectivity index (χ0v) is 14.3. The number of carbonyl (C=O) groups excluding carboxylic acids is 1. The van der Waals surface area contributed by atoms with Crippen LogP contribution in [0.1, 0.15) is 30.3 Å². The second kappa shape index (κ2) is 8.64. The van der Waals surface area contributed by atoms with Crippen LogP contribution in [0.4, 0.5) is 4.79 Å². The van der Waals surface area contributed by atoms with Gasteiger partial charge in [0.25, 0.3) is 0 Å². The predicted molar refractivity (Wildman–Crippen MR) is 93.4 cm³/mol. The number of urea groups is 1. The molecule has 1 heterocycles. The van der Waals surface area contributed by atoms with Crippen molar-refractivity contribution in [2.24, 2.45) is 0 Å². The maximum absolute atomic E-state index is 11.9. The number of rotatable bonds is 7. The van der Waals surface area contributed by atoms with E-state index in [2.05, 4.69) is 15.6 Å². The van der Waals surface area contributed by atoms with Crippen LogP contribution in [0.15, 0.2) is 30.3 Å². The van der Waals surface area contributed by atoms with Crippen LogP contribution in [0, 0.1) is 6.92 Å². The summed E-state index contributed by atoms with van der Waals surface area (Å²) in [6.45, 7) is 4.51. The predicted octanol–water partition coefficient (Wildman–Crippen LogP) is 3.08. The third-order valence-electron chi connectivity index (χ3n) is 3.50. The number of benzene rings is 1. The number of aryl methyl sites for hydroxylation is 1. The Labute approximate surface area is 140 Å². The molecule has 0 fully saturated rings. The van der Waals surface area contributed by atoms with Crippen LogP contribution in [-0.4, -0.2) is 28.8 Å². The van der Waals surface area contributed by atoms with E-state index in [4.69, 9.17) is 5.11 Å². The van der Waals surface area contributed by atoms with Gasteiger partial charge in [0.2, 0.25) is 0 Å². The van der Waals surface area contributed by atoms with E-state index >= 15 is 0 Å². The Kier molecular flexibility index (Phi) is 6.55. The number of aromatic nitrogens is 1. The fourth-order valence-corrected chi connectivity index (χ4v) is 3.21. The minimum atomic E-state index is -0.190. The van der Waals surface area contributed by atoms with Crippen LogP contribution >= 0.6 is 11.3 Å². The van der Waals surface area contributed by atoms with Crippen molar-refractivity contribution in [3.05, 3.63) is 40.9 Å². The van der Waals surface area contributed by atoms with Gasteiger partial charge in [-0.2, -0.15) is 0 Å². The molecule has 1 aromatic carbocycles. The van der Waals surface area contributed by atoms with Gasteiger partial charge in [-0.15, -0.1) is 11.3 Å². The molecule has 0 bridgehead atoms. The second-order valence-electron chi connectivity index (χ2n) is 5.49. The second-order valence-corrected chi connectivity index (χ2v) is 6.57. The molecular weight excluding hydrogens is 310 g/mol. The normalized spacial score (nSPS) is 12.0. The molecule has 1 aromatic heterocycles. The van der Waals surface area contributed by atoms with Crippen molar-refractivity contribution in [3.63, 3.8) is 0 Å². The Morgan fingerprint density at radius 3 is 2.78 bits per heavy atom. The van der Waals surface area contributed by atoms with Crippen LogP contribution < -0.4 is 10.6 Å². The molecule has 0 saturated heterocycles. The lowest BCUT2D eigenvalue weighted by atomic mass is 10.2. The highest BCUT2D eigenvalue weighted by molar-refractivity contribution is 7.15. The van der Waals surface area contributed by atoms with Crippen molar-refractivity contribution in [3.8, 4) is 10.6 Å². The molecule has 0 spiro atoms. The lowest BCUT2D eigenvalue weighted by Gasteiger charge is -2.13. The van der Waals surface area contributed by atoms with Crippen LogP contribution in [0.5, 0.6) is 0 Å². The van der Waals surface area contributed by atoms with E-state index in [1.165, 1.54) is 0 Å². The Morgan fingerprint density at radius 2 is 2.09 bits per heavy atom. The molecule has 0 aliphatic heterocycles. The van der Waals surface area contributed by atoms with Crippen molar-refractivity contribution in [1.82, 2.24) is 15.6 Å². The smallest absolute Gasteiger partial charge is 0.315 e. The van der Waals surface area contributed by atoms with Crippen LogP contribution in [0.2, 0.25) is 0 Å². The number of nitrogens with zero attached hydrogens (tertiary/aromatic N) is 1. The molecule has 23 heavy (non-hydrogen) atoms. The van der Waals surface area contributed by atoms with Crippen molar-refractivity contribution < 1.29 is 9.90 Å². The van der Waals surface area contributed by atoms with Crippen molar-refractivity contribution in [2.45, 2.75) is 39.3 Å². The SMILES string of the molecule is Cc1nc(-c2ccccc2)sc1CNC(=O)NC(C)CCCO. The van der Waals surface area contributed by atoms with Crippen LogP contribution in [0.25, 0.3) is 10.6 Å². The lowest BCUT2D eigenvalue weighted by molar-refractivity contribution is 0.234. The molecule has 0 aliphatic carbocycles. The highest BCUT2D eigenvalue weighted by atomic mass is 32.1. The quantitative estimate of drug-likeness (QED) is 0.729. The summed E-state index contributed by atoms with van der Waals surface area (Å²) in [5, 5.41) is 15.5. The number of amides is 2. The highest BCUT2D eigenvalue weighted by Crippen LogP contribution is 2.27. The van der Waals surface area contributed by atoms with Crippen LogP contribution in [-0.2, 0) is 6.54 Å². The van der Waals surface area contributed by atoms with Gasteiger partial charge in [0.1, 0.15) is 5.01 Å². The van der Waals surface area contributed by atoms with Crippen LogP contribution in [0.3, 0.4) is 0 Å². The van der Waals surface area contributed by atoms with Gasteiger partial charge in [-0.25, -0.2) is 9.78 Å². The summed E-state index contributed by atoms with van der Waals surface area (Å²) in [6, 6.07) is 9.88. The molecule has 0 aliphatic rings. The third kappa shape index (κ3) is 5.33. The van der Waals surface area contributed by atoms with E-state index in [0.29, 0.717) is 13.0 Å². The molecule has 1 atom stereocenters. The van der Waals surface area contributed by atoms with Crippen molar-refractivity contribution in [2.75, 3.05) is 6.61 Å². The molecule has 2 rings (SSSR count). The fourth-order valence-electron chi connectivity index (χ4n) is 2.20. The standard InChI is InChI=1S/C17H23N3O2S/c1-12(7-6-10-21)19-17(22)18-11-15-13(2)20-16(23-15)14-8-4-3-5-9-14/h3-5,8-9,12,21H,6-7,10-11H2,1-2H3,(H2,18,19,22). The van der Waals surface area contributed by atoms with E-state index in [9.17, 15) is 4.79 Å². The molecule has 1 unspecified atom stereocenters. The van der Waals surface area contributed by atoms with Gasteiger partial charge in [0, 0.05) is 23.1 Å². The van der Waals surface area contributed by atoms with Gasteiger partial charge < -0.3 is 15.7 Å². The fraction of sp³-hybridized carbons (Fsp3) is 0.412. The summed E-state index contributed by atoms with van der Waals surface area (Å²) in [7, 11) is 0. The Morgan fingerprint density at radius 1 is 1.35 bits per heavy atom. The first-order valence-corrected chi connectivity index (χ1v) is 8.58. The van der Waals surface area contributed by atoms with E-state index in [1.807, 2.05) is 44.2 Å². The Bertz CT molecular complexity index is 628. The first-order valence-electron chi connectivity index (χ1n) is 7.77. The lowest BCUT2D eigenvalue weighted by Crippen LogP contribution is -2.40. The molecule has 2 aromatic rings. The van der Waals surface area contributed by atoms with Crippen molar-refractivity contribution >= 4 is 17.4 Å². The number of hydrogen-bond acceptors (Lipinski definition) is 4. The summed E-state index contributed by atoms with van der Waals surface area (Å²) in [5.41, 5.74) is 2.04. The number of nitrogens with one attached hydrogen (secondary N) is 2. The monoisotopic (exact) mass is 333 g/mol. The number of aliphatic hydroxyl groups excluding tert-OH is 1. The Hall–Kier alpha value is -1.92. The third-order valence-corrected chi connectivity index (χ3v) is 4.70. The molecule has 6 heteroatoms. The van der Waals surface area contributed by atoms with E-state index in [1.54, 1.807) is 11.3 Å². The molecule has 124 valence electrons. The first kappa shape index (κ1) is 17.4. The molecule has 3 N–H and O–H groups in total. The van der Waals surface area contributed by atoms with E-state index in [-0.39, 0.29) is 18.7 Å². The molecule has 0 radical (unpaired) electrons. The summed E-state index contributed by atoms with van der Waals surface area (Å²) < 4.78 is 0. The van der Waals surface area contributed by atoms with Gasteiger partial charge in [-0.1, -0.05) is 30.3 Å². The largest absolute Gasteiger partial charge is 0.396 e. The summed E-state index contributed by atoms with van der Waals surface area (Å²) in [6.07, 6.45) is 1.46. The average molecular weight is 333 g/mol. The van der Waals surface area contributed by atoms with Gasteiger partial charge in [-0.3, -0.25) is 0 Å². The summed E-state index contributed by atoms with van der Waals surface area (Å²) >= 11 is 1.60. The Balaban J connectivity index is 1.89.